The van der Waals surface area contributed by atoms with Crippen molar-refractivity contribution in [1.82, 2.24) is 10.6 Å². The highest BCUT2D eigenvalue weighted by Crippen LogP contribution is 2.11. The average molecular weight is 406 g/mol. The highest BCUT2D eigenvalue weighted by molar-refractivity contribution is 6.07. The van der Waals surface area contributed by atoms with E-state index in [1.807, 2.05) is 24.3 Å². The van der Waals surface area contributed by atoms with Crippen LogP contribution >= 0.6 is 0 Å². The molecular weight excluding hydrogens is 380 g/mol. The van der Waals surface area contributed by atoms with E-state index < -0.39 is 11.8 Å². The van der Waals surface area contributed by atoms with Crippen LogP contribution in [0.15, 0.2) is 70.7 Å². The molecule has 0 aliphatic heterocycles. The molecular formula is C22H26N6O2. The second-order valence-corrected chi connectivity index (χ2v) is 6.11. The lowest BCUT2D eigenvalue weighted by Gasteiger charge is -2.07. The molecule has 8 nitrogen and oxygen atoms in total. The average Bonchev–Trinajstić information content (AvgIpc) is 2.76. The predicted molar refractivity (Wildman–Crippen MR) is 122 cm³/mol. The van der Waals surface area contributed by atoms with Crippen molar-refractivity contribution in [2.24, 2.45) is 9.98 Å². The van der Waals surface area contributed by atoms with Gasteiger partial charge in [-0.1, -0.05) is 0 Å². The topological polar surface area (TPSA) is 107 Å². The van der Waals surface area contributed by atoms with Crippen molar-refractivity contribution >= 4 is 34.9 Å². The number of hydrogen-bond acceptors (Lipinski definition) is 4. The van der Waals surface area contributed by atoms with Crippen molar-refractivity contribution in [2.45, 2.75) is 0 Å². The van der Waals surface area contributed by atoms with E-state index in [1.165, 1.54) is 12.2 Å². The lowest BCUT2D eigenvalue weighted by atomic mass is 10.2. The van der Waals surface area contributed by atoms with Crippen molar-refractivity contribution < 1.29 is 9.59 Å². The predicted octanol–water partition coefficient (Wildman–Crippen LogP) is 2.01. The van der Waals surface area contributed by atoms with Gasteiger partial charge in [-0.05, 0) is 48.5 Å². The fourth-order valence-electron chi connectivity index (χ4n) is 2.71. The molecule has 2 aromatic carbocycles. The second-order valence-electron chi connectivity index (χ2n) is 6.11. The van der Waals surface area contributed by atoms with Crippen molar-refractivity contribution in [3.63, 3.8) is 0 Å². The van der Waals surface area contributed by atoms with E-state index in [0.29, 0.717) is 11.4 Å². The summed E-state index contributed by atoms with van der Waals surface area (Å²) in [5.74, 6) is 0.705. The molecule has 0 saturated carbocycles. The number of amides is 2. The number of anilines is 2. The maximum atomic E-state index is 12.1. The summed E-state index contributed by atoms with van der Waals surface area (Å²) in [4.78, 5) is 32.4. The van der Waals surface area contributed by atoms with Crippen molar-refractivity contribution in [2.75, 3.05) is 38.8 Å². The number of benzene rings is 2. The summed E-state index contributed by atoms with van der Waals surface area (Å²) in [6.07, 6.45) is 2.37. The second kappa shape index (κ2) is 11.2. The monoisotopic (exact) mass is 406 g/mol. The van der Waals surface area contributed by atoms with Crippen molar-refractivity contribution in [1.29, 1.82) is 0 Å². The van der Waals surface area contributed by atoms with Crippen LogP contribution in [0.25, 0.3) is 0 Å². The number of rotatable bonds is 6. The van der Waals surface area contributed by atoms with E-state index in [-0.39, 0.29) is 0 Å². The molecule has 0 aliphatic carbocycles. The maximum Gasteiger partial charge on any atom is 0.248 e. The molecule has 2 rings (SSSR count). The zero-order valence-corrected chi connectivity index (χ0v) is 17.5. The number of carbonyl (C=O) groups excluding carboxylic acids is 2. The van der Waals surface area contributed by atoms with Crippen LogP contribution in [-0.4, -0.2) is 51.7 Å². The number of aliphatic imine (C=N–C) groups is 2. The quantitative estimate of drug-likeness (QED) is 0.334. The van der Waals surface area contributed by atoms with Gasteiger partial charge in [-0.2, -0.15) is 0 Å². The third-order valence-electron chi connectivity index (χ3n) is 4.16. The Kier molecular flexibility index (Phi) is 8.31. The maximum absolute atomic E-state index is 12.1. The Morgan fingerprint density at radius 1 is 0.667 bits per heavy atom. The summed E-state index contributed by atoms with van der Waals surface area (Å²) in [5.41, 5.74) is 3.06. The van der Waals surface area contributed by atoms with Gasteiger partial charge < -0.3 is 21.3 Å². The van der Waals surface area contributed by atoms with Crippen LogP contribution in [0.2, 0.25) is 0 Å². The van der Waals surface area contributed by atoms with E-state index in [9.17, 15) is 9.59 Å². The molecule has 0 unspecified atom stereocenters. The summed E-state index contributed by atoms with van der Waals surface area (Å²) in [5, 5.41) is 11.4. The van der Waals surface area contributed by atoms with Gasteiger partial charge in [-0.25, -0.2) is 0 Å². The highest BCUT2D eigenvalue weighted by atomic mass is 16.2. The number of nitrogens with one attached hydrogen (secondary N) is 4. The van der Waals surface area contributed by atoms with E-state index in [2.05, 4.69) is 31.3 Å². The Morgan fingerprint density at radius 2 is 1.00 bits per heavy atom. The van der Waals surface area contributed by atoms with E-state index >= 15 is 0 Å². The highest BCUT2D eigenvalue weighted by Gasteiger charge is 2.04. The van der Waals surface area contributed by atoms with Crippen LogP contribution in [0.1, 0.15) is 11.1 Å². The Bertz CT molecular complexity index is 881. The lowest BCUT2D eigenvalue weighted by Crippen LogP contribution is -2.19. The van der Waals surface area contributed by atoms with Gasteiger partial charge in [0.05, 0.1) is 0 Å². The molecule has 0 fully saturated rings. The number of nitrogens with zero attached hydrogens (tertiary/aromatic N) is 2. The molecule has 2 amide bonds. The van der Waals surface area contributed by atoms with Crippen molar-refractivity contribution in [3.8, 4) is 0 Å². The Hall–Kier alpha value is -3.94. The summed E-state index contributed by atoms with van der Waals surface area (Å²) in [6, 6.07) is 14.5. The summed E-state index contributed by atoms with van der Waals surface area (Å²) in [7, 11) is 6.98. The molecule has 8 heteroatoms. The lowest BCUT2D eigenvalue weighted by molar-refractivity contribution is -0.114. The minimum atomic E-state index is -0.399. The van der Waals surface area contributed by atoms with Gasteiger partial charge >= 0.3 is 0 Å². The summed E-state index contributed by atoms with van der Waals surface area (Å²) >= 11 is 0. The first kappa shape index (κ1) is 22.4. The minimum absolute atomic E-state index is 0.399. The van der Waals surface area contributed by atoms with Crippen LogP contribution in [0, 0.1) is 0 Å². The largest absolute Gasteiger partial charge is 0.373 e. The van der Waals surface area contributed by atoms with Crippen LogP contribution in [0.5, 0.6) is 0 Å². The first-order valence-corrected chi connectivity index (χ1v) is 9.30. The molecule has 2 aromatic rings. The molecule has 156 valence electrons. The van der Waals surface area contributed by atoms with Gasteiger partial charge in [0.15, 0.2) is 0 Å². The van der Waals surface area contributed by atoms with Gasteiger partial charge in [-0.15, -0.1) is 0 Å². The van der Waals surface area contributed by atoms with Crippen molar-refractivity contribution in [3.05, 3.63) is 71.8 Å². The first-order valence-electron chi connectivity index (χ1n) is 9.30. The van der Waals surface area contributed by atoms with Crippen LogP contribution in [-0.2, 0) is 9.59 Å². The summed E-state index contributed by atoms with van der Waals surface area (Å²) in [6.45, 7) is 0. The molecule has 4 N–H and O–H groups in total. The van der Waals surface area contributed by atoms with Crippen LogP contribution in [0.3, 0.4) is 0 Å². The van der Waals surface area contributed by atoms with Gasteiger partial charge in [-0.3, -0.25) is 19.6 Å². The van der Waals surface area contributed by atoms with Gasteiger partial charge in [0, 0.05) is 62.8 Å². The van der Waals surface area contributed by atoms with Crippen LogP contribution < -0.4 is 21.3 Å². The smallest absolute Gasteiger partial charge is 0.248 e. The third kappa shape index (κ3) is 6.30. The van der Waals surface area contributed by atoms with E-state index in [0.717, 1.165) is 22.8 Å². The molecule has 0 saturated heterocycles. The third-order valence-corrected chi connectivity index (χ3v) is 4.16. The molecule has 0 bridgehead atoms. The molecule has 0 spiro atoms. The Labute approximate surface area is 176 Å². The minimum Gasteiger partial charge on any atom is -0.373 e. The van der Waals surface area contributed by atoms with E-state index in [4.69, 9.17) is 0 Å². The molecule has 30 heavy (non-hydrogen) atoms. The molecule has 0 heterocycles. The van der Waals surface area contributed by atoms with Gasteiger partial charge in [0.1, 0.15) is 11.7 Å². The zero-order valence-electron chi connectivity index (χ0n) is 17.5. The fraction of sp³-hybridized carbons (Fsp3) is 0.182. The Morgan fingerprint density at radius 3 is 1.27 bits per heavy atom. The SMILES string of the molecule is CN=C(NC)c1ccc(NC(=O)/C=C/C(=O)Nc2ccc(C(=NC)NC)cc2)cc1. The van der Waals surface area contributed by atoms with E-state index in [1.54, 1.807) is 52.5 Å². The molecule has 0 aromatic heterocycles. The Balaban J connectivity index is 1.91. The fourth-order valence-corrected chi connectivity index (χ4v) is 2.71. The number of hydrogen-bond donors (Lipinski definition) is 4. The number of amidine groups is 2. The molecule has 0 radical (unpaired) electrons. The standard InChI is InChI=1S/C22H26N6O2/c1-23-21(24-2)15-5-9-17(10-6-15)27-19(29)13-14-20(30)28-18-11-7-16(8-12-18)22(25-3)26-4/h5-14H,1-4H3,(H,23,24)(H,25,26)(H,27,29)(H,28,30)/b14-13+. The van der Waals surface area contributed by atoms with Gasteiger partial charge in [0.2, 0.25) is 11.8 Å². The first-order chi connectivity index (χ1) is 14.5. The summed E-state index contributed by atoms with van der Waals surface area (Å²) < 4.78 is 0. The molecule has 0 aliphatic rings. The van der Waals surface area contributed by atoms with Crippen LogP contribution in [0.4, 0.5) is 11.4 Å². The molecule has 0 atom stereocenters. The normalized spacial score (nSPS) is 11.9. The van der Waals surface area contributed by atoms with Gasteiger partial charge in [0.25, 0.3) is 0 Å². The number of carbonyl (C=O) groups is 2. The zero-order chi connectivity index (χ0) is 21.9.